The van der Waals surface area contributed by atoms with E-state index in [0.717, 1.165) is 20.3 Å². The Kier molecular flexibility index (Phi) is 5.94. The van der Waals surface area contributed by atoms with Gasteiger partial charge in [-0.25, -0.2) is 9.59 Å². The van der Waals surface area contributed by atoms with Crippen molar-refractivity contribution < 1.29 is 39.1 Å². The lowest BCUT2D eigenvalue weighted by Crippen LogP contribution is -2.09. The number of phenolic OH excluding ortho intramolecular Hbond substituents is 3. The Morgan fingerprint density at radius 3 is 1.93 bits per heavy atom. The van der Waals surface area contributed by atoms with Gasteiger partial charge >= 0.3 is 11.9 Å². The second kappa shape index (κ2) is 7.85. The lowest BCUT2D eigenvalue weighted by atomic mass is 10.0. The molecule has 0 spiro atoms. The number of ether oxygens (including phenoxy) is 3. The van der Waals surface area contributed by atoms with Crippen LogP contribution in [0.5, 0.6) is 28.7 Å². The Hall–Kier alpha value is -3.13. The van der Waals surface area contributed by atoms with Crippen molar-refractivity contribution in [1.82, 2.24) is 0 Å². The number of hydrogen-bond donors (Lipinski definition) is 3. The fourth-order valence-electron chi connectivity index (χ4n) is 2.71. The van der Waals surface area contributed by atoms with Gasteiger partial charge in [0, 0.05) is 17.2 Å². The van der Waals surface area contributed by atoms with Gasteiger partial charge in [0.2, 0.25) is 0 Å². The Balaban J connectivity index is 2.78. The Bertz CT molecular complexity index is 981. The molecule has 0 bridgehead atoms. The number of esters is 2. The van der Waals surface area contributed by atoms with Gasteiger partial charge in [0.25, 0.3) is 0 Å². The molecule has 0 fully saturated rings. The molecule has 0 unspecified atom stereocenters. The predicted octanol–water partition coefficient (Wildman–Crippen LogP) is 3.75. The summed E-state index contributed by atoms with van der Waals surface area (Å²) >= 11 is 6.00. The van der Waals surface area contributed by atoms with Crippen molar-refractivity contribution >= 4 is 23.5 Å². The van der Waals surface area contributed by atoms with Crippen molar-refractivity contribution in [2.75, 3.05) is 14.2 Å². The first-order chi connectivity index (χ1) is 13.1. The molecule has 0 aromatic heterocycles. The largest absolute Gasteiger partial charge is 0.507 e. The van der Waals surface area contributed by atoms with Gasteiger partial charge in [-0.2, -0.15) is 0 Å². The third kappa shape index (κ3) is 3.38. The summed E-state index contributed by atoms with van der Waals surface area (Å²) in [5.74, 6) is -3.26. The van der Waals surface area contributed by atoms with Gasteiger partial charge in [0.05, 0.1) is 19.2 Å². The topological polar surface area (TPSA) is 123 Å². The highest BCUT2D eigenvalue weighted by molar-refractivity contribution is 6.33. The molecule has 0 saturated carbocycles. The van der Waals surface area contributed by atoms with Crippen LogP contribution in [0, 0.1) is 20.8 Å². The van der Waals surface area contributed by atoms with Crippen LogP contribution < -0.4 is 4.74 Å². The quantitative estimate of drug-likeness (QED) is 0.651. The summed E-state index contributed by atoms with van der Waals surface area (Å²) in [5, 5.41) is 30.6. The van der Waals surface area contributed by atoms with Gasteiger partial charge in [-0.05, 0) is 26.3 Å². The molecular formula is C19H19ClO8. The normalized spacial score (nSPS) is 10.5. The van der Waals surface area contributed by atoms with Crippen LogP contribution in [0.2, 0.25) is 5.02 Å². The average molecular weight is 411 g/mol. The standard InChI is InChI=1S/C19H19ClO8/c1-7-12(18(24)26-4)11(6-10(21)14(7)20)28-17-8(2)13(19(25)27-5)15(22)9(3)16(17)23/h6,21-23H,1-5H3. The molecule has 0 heterocycles. The molecule has 8 nitrogen and oxygen atoms in total. The van der Waals surface area contributed by atoms with Gasteiger partial charge in [0.15, 0.2) is 11.5 Å². The van der Waals surface area contributed by atoms with Crippen molar-refractivity contribution in [3.8, 4) is 28.7 Å². The number of benzene rings is 2. The molecule has 9 heteroatoms. The van der Waals surface area contributed by atoms with E-state index in [2.05, 4.69) is 4.74 Å². The summed E-state index contributed by atoms with van der Waals surface area (Å²) in [6.45, 7) is 4.27. The number of halogens is 1. The van der Waals surface area contributed by atoms with Crippen molar-refractivity contribution in [2.45, 2.75) is 20.8 Å². The SMILES string of the molecule is COC(=O)c1c(Oc2c(C)c(C(=O)OC)c(O)c(C)c2O)cc(O)c(Cl)c1C. The Morgan fingerprint density at radius 2 is 1.39 bits per heavy atom. The number of aromatic hydroxyl groups is 3. The molecule has 0 radical (unpaired) electrons. The lowest BCUT2D eigenvalue weighted by molar-refractivity contribution is 0.0585. The van der Waals surface area contributed by atoms with Crippen LogP contribution in [-0.2, 0) is 9.47 Å². The van der Waals surface area contributed by atoms with Crippen LogP contribution in [0.3, 0.4) is 0 Å². The maximum absolute atomic E-state index is 12.2. The van der Waals surface area contributed by atoms with Gasteiger partial charge in [-0.15, -0.1) is 0 Å². The summed E-state index contributed by atoms with van der Waals surface area (Å²) < 4.78 is 15.1. The first-order valence-corrected chi connectivity index (χ1v) is 8.36. The molecule has 2 aromatic carbocycles. The van der Waals surface area contributed by atoms with Crippen molar-refractivity contribution in [1.29, 1.82) is 0 Å². The average Bonchev–Trinajstić information content (AvgIpc) is 2.67. The van der Waals surface area contributed by atoms with E-state index in [4.69, 9.17) is 21.1 Å². The van der Waals surface area contributed by atoms with Crippen LogP contribution in [0.4, 0.5) is 0 Å². The highest BCUT2D eigenvalue weighted by Gasteiger charge is 2.28. The molecule has 2 rings (SSSR count). The summed E-state index contributed by atoms with van der Waals surface area (Å²) in [7, 11) is 2.30. The monoisotopic (exact) mass is 410 g/mol. The molecule has 0 aliphatic heterocycles. The summed E-state index contributed by atoms with van der Waals surface area (Å²) in [6, 6.07) is 1.08. The zero-order valence-electron chi connectivity index (χ0n) is 15.8. The molecule has 3 N–H and O–H groups in total. The first-order valence-electron chi connectivity index (χ1n) is 7.98. The van der Waals surface area contributed by atoms with Gasteiger partial charge in [-0.1, -0.05) is 11.6 Å². The third-order valence-electron chi connectivity index (χ3n) is 4.31. The summed E-state index contributed by atoms with van der Waals surface area (Å²) in [4.78, 5) is 24.2. The van der Waals surface area contributed by atoms with Crippen molar-refractivity contribution in [3.63, 3.8) is 0 Å². The van der Waals surface area contributed by atoms with Crippen LogP contribution in [0.1, 0.15) is 37.4 Å². The maximum atomic E-state index is 12.2. The summed E-state index contributed by atoms with van der Waals surface area (Å²) in [5.41, 5.74) is -0.0491. The molecule has 28 heavy (non-hydrogen) atoms. The smallest absolute Gasteiger partial charge is 0.342 e. The van der Waals surface area contributed by atoms with E-state index in [-0.39, 0.29) is 50.1 Å². The molecule has 2 aromatic rings. The molecule has 0 aliphatic carbocycles. The zero-order valence-corrected chi connectivity index (χ0v) is 16.6. The number of carbonyl (C=O) groups is 2. The molecule has 0 atom stereocenters. The second-order valence-electron chi connectivity index (χ2n) is 5.94. The van der Waals surface area contributed by atoms with E-state index in [1.165, 1.54) is 20.8 Å². The van der Waals surface area contributed by atoms with Crippen LogP contribution in [0.25, 0.3) is 0 Å². The van der Waals surface area contributed by atoms with Crippen LogP contribution in [-0.4, -0.2) is 41.5 Å². The minimum atomic E-state index is -0.841. The van der Waals surface area contributed by atoms with E-state index in [1.807, 2.05) is 0 Å². The van der Waals surface area contributed by atoms with Gasteiger partial charge < -0.3 is 29.5 Å². The summed E-state index contributed by atoms with van der Waals surface area (Å²) in [6.07, 6.45) is 0. The Labute approximate surface area is 165 Å². The minimum absolute atomic E-state index is 0.0319. The minimum Gasteiger partial charge on any atom is -0.507 e. The second-order valence-corrected chi connectivity index (χ2v) is 6.32. The zero-order chi connectivity index (χ0) is 21.3. The Morgan fingerprint density at radius 1 is 0.857 bits per heavy atom. The number of methoxy groups -OCH3 is 2. The van der Waals surface area contributed by atoms with Crippen molar-refractivity contribution in [2.24, 2.45) is 0 Å². The molecular weight excluding hydrogens is 392 g/mol. The molecule has 0 saturated heterocycles. The number of hydrogen-bond acceptors (Lipinski definition) is 8. The van der Waals surface area contributed by atoms with E-state index >= 15 is 0 Å². The highest BCUT2D eigenvalue weighted by atomic mass is 35.5. The molecule has 0 aliphatic rings. The number of carbonyl (C=O) groups excluding carboxylic acids is 2. The van der Waals surface area contributed by atoms with E-state index in [1.54, 1.807) is 0 Å². The first kappa shape index (κ1) is 21.2. The number of phenols is 3. The van der Waals surface area contributed by atoms with Crippen molar-refractivity contribution in [3.05, 3.63) is 38.9 Å². The molecule has 0 amide bonds. The van der Waals surface area contributed by atoms with Gasteiger partial charge in [-0.3, -0.25) is 0 Å². The van der Waals surface area contributed by atoms with E-state index in [0.29, 0.717) is 0 Å². The van der Waals surface area contributed by atoms with E-state index < -0.39 is 23.4 Å². The third-order valence-corrected chi connectivity index (χ3v) is 4.79. The predicted molar refractivity (Wildman–Crippen MR) is 99.9 cm³/mol. The fraction of sp³-hybridized carbons (Fsp3) is 0.263. The van der Waals surface area contributed by atoms with E-state index in [9.17, 15) is 24.9 Å². The maximum Gasteiger partial charge on any atom is 0.342 e. The van der Waals surface area contributed by atoms with Crippen LogP contribution >= 0.6 is 11.6 Å². The molecule has 150 valence electrons. The highest BCUT2D eigenvalue weighted by Crippen LogP contribution is 2.46. The van der Waals surface area contributed by atoms with Gasteiger partial charge in [0.1, 0.15) is 28.4 Å². The number of rotatable bonds is 4. The fourth-order valence-corrected chi connectivity index (χ4v) is 2.86. The van der Waals surface area contributed by atoms with Crippen LogP contribution in [0.15, 0.2) is 6.07 Å². The lowest BCUT2D eigenvalue weighted by Gasteiger charge is -2.19.